The highest BCUT2D eigenvalue weighted by molar-refractivity contribution is 5.99. The third-order valence-corrected chi connectivity index (χ3v) is 4.83. The van der Waals surface area contributed by atoms with Crippen molar-refractivity contribution < 1.29 is 19.0 Å². The van der Waals surface area contributed by atoms with Gasteiger partial charge in [0.2, 0.25) is 0 Å². The molecule has 0 radical (unpaired) electrons. The van der Waals surface area contributed by atoms with Crippen molar-refractivity contribution in [3.63, 3.8) is 0 Å². The maximum atomic E-state index is 12.2. The van der Waals surface area contributed by atoms with Crippen LogP contribution in [0, 0.1) is 11.3 Å². The molecule has 0 aliphatic carbocycles. The van der Waals surface area contributed by atoms with Gasteiger partial charge in [0.25, 0.3) is 0 Å². The van der Waals surface area contributed by atoms with Gasteiger partial charge < -0.3 is 24.8 Å². The SMILES string of the molecule is COC(C)Oc1cc2nccc(Oc3ccc(NC(=O)Nc4ccncc4)cc3)c2cc1C#N. The molecule has 0 aliphatic rings. The van der Waals surface area contributed by atoms with Crippen LogP contribution in [0.2, 0.25) is 0 Å². The number of fused-ring (bicyclic) bond motifs is 1. The van der Waals surface area contributed by atoms with E-state index in [1.807, 2.05) is 0 Å². The predicted octanol–water partition coefficient (Wildman–Crippen LogP) is 5.31. The van der Waals surface area contributed by atoms with Crippen LogP contribution in [0.1, 0.15) is 12.5 Å². The Kier molecular flexibility index (Phi) is 6.81. The number of nitrogens with zero attached hydrogens (tertiary/aromatic N) is 3. The average molecular weight is 455 g/mol. The zero-order valence-corrected chi connectivity index (χ0v) is 18.5. The highest BCUT2D eigenvalue weighted by atomic mass is 16.7. The lowest BCUT2D eigenvalue weighted by molar-refractivity contribution is -0.0383. The highest BCUT2D eigenvalue weighted by Gasteiger charge is 2.13. The number of aromatic nitrogens is 2. The second-order valence-corrected chi connectivity index (χ2v) is 7.15. The Hall–Kier alpha value is -4.68. The predicted molar refractivity (Wildman–Crippen MR) is 127 cm³/mol. The average Bonchev–Trinajstić information content (AvgIpc) is 2.85. The largest absolute Gasteiger partial charge is 0.464 e. The van der Waals surface area contributed by atoms with E-state index in [1.54, 1.807) is 80.1 Å². The number of nitriles is 1. The van der Waals surface area contributed by atoms with E-state index >= 15 is 0 Å². The van der Waals surface area contributed by atoms with Crippen molar-refractivity contribution in [1.82, 2.24) is 9.97 Å². The molecule has 9 heteroatoms. The summed E-state index contributed by atoms with van der Waals surface area (Å²) in [4.78, 5) is 20.4. The lowest BCUT2D eigenvalue weighted by Gasteiger charge is -2.15. The van der Waals surface area contributed by atoms with E-state index in [2.05, 4.69) is 26.7 Å². The summed E-state index contributed by atoms with van der Waals surface area (Å²) in [5.74, 6) is 1.47. The van der Waals surface area contributed by atoms with Gasteiger partial charge in [0.1, 0.15) is 23.3 Å². The number of benzene rings is 2. The Balaban J connectivity index is 1.50. The summed E-state index contributed by atoms with van der Waals surface area (Å²) < 4.78 is 16.8. The molecule has 2 amide bonds. The zero-order chi connectivity index (χ0) is 23.9. The Bertz CT molecular complexity index is 1340. The third-order valence-electron chi connectivity index (χ3n) is 4.83. The zero-order valence-electron chi connectivity index (χ0n) is 18.5. The molecule has 2 heterocycles. The molecule has 9 nitrogen and oxygen atoms in total. The van der Waals surface area contributed by atoms with Gasteiger partial charge in [-0.3, -0.25) is 9.97 Å². The Morgan fingerprint density at radius 1 is 0.971 bits per heavy atom. The topological polar surface area (TPSA) is 118 Å². The van der Waals surface area contributed by atoms with Crippen LogP contribution < -0.4 is 20.1 Å². The van der Waals surface area contributed by atoms with Gasteiger partial charge in [-0.05, 0) is 55.5 Å². The van der Waals surface area contributed by atoms with E-state index < -0.39 is 6.29 Å². The minimum Gasteiger partial charge on any atom is -0.464 e. The van der Waals surface area contributed by atoms with E-state index in [0.29, 0.717) is 45.1 Å². The summed E-state index contributed by atoms with van der Waals surface area (Å²) in [7, 11) is 1.52. The number of methoxy groups -OCH3 is 1. The first kappa shape index (κ1) is 22.5. The lowest BCUT2D eigenvalue weighted by atomic mass is 10.1. The molecule has 34 heavy (non-hydrogen) atoms. The fraction of sp³-hybridized carbons (Fsp3) is 0.120. The number of urea groups is 1. The number of carbonyl (C=O) groups excluding carboxylic acids is 1. The molecule has 170 valence electrons. The van der Waals surface area contributed by atoms with Gasteiger partial charge in [0.05, 0.1) is 11.1 Å². The van der Waals surface area contributed by atoms with Crippen molar-refractivity contribution >= 4 is 28.3 Å². The van der Waals surface area contributed by atoms with Crippen LogP contribution in [0.25, 0.3) is 10.9 Å². The summed E-state index contributed by atoms with van der Waals surface area (Å²) in [6.45, 7) is 1.74. The van der Waals surface area contributed by atoms with Crippen LogP contribution in [0.5, 0.6) is 17.2 Å². The minimum absolute atomic E-state index is 0.342. The molecule has 4 aromatic rings. The van der Waals surface area contributed by atoms with Gasteiger partial charge >= 0.3 is 6.03 Å². The molecular formula is C25H21N5O4. The second kappa shape index (κ2) is 10.3. The number of hydrogen-bond acceptors (Lipinski definition) is 7. The maximum absolute atomic E-state index is 12.2. The van der Waals surface area contributed by atoms with Crippen molar-refractivity contribution in [3.8, 4) is 23.3 Å². The Morgan fingerprint density at radius 3 is 2.35 bits per heavy atom. The van der Waals surface area contributed by atoms with Crippen molar-refractivity contribution in [2.75, 3.05) is 17.7 Å². The quantitative estimate of drug-likeness (QED) is 0.363. The van der Waals surface area contributed by atoms with Crippen LogP contribution in [-0.2, 0) is 4.74 Å². The van der Waals surface area contributed by atoms with Crippen LogP contribution >= 0.6 is 0 Å². The van der Waals surface area contributed by atoms with Crippen molar-refractivity contribution in [3.05, 3.63) is 78.8 Å². The molecule has 2 aromatic heterocycles. The number of carbonyl (C=O) groups is 1. The van der Waals surface area contributed by atoms with E-state index in [0.717, 1.165) is 0 Å². The van der Waals surface area contributed by atoms with Gasteiger partial charge in [-0.1, -0.05) is 0 Å². The summed E-state index contributed by atoms with van der Waals surface area (Å²) in [6, 6.07) is 17.2. The molecule has 0 spiro atoms. The molecule has 0 saturated carbocycles. The van der Waals surface area contributed by atoms with Gasteiger partial charge in [-0.2, -0.15) is 5.26 Å². The number of anilines is 2. The Morgan fingerprint density at radius 2 is 1.68 bits per heavy atom. The summed E-state index contributed by atoms with van der Waals surface area (Å²) >= 11 is 0. The van der Waals surface area contributed by atoms with Crippen molar-refractivity contribution in [2.45, 2.75) is 13.2 Å². The number of pyridine rings is 2. The molecule has 4 rings (SSSR count). The molecular weight excluding hydrogens is 434 g/mol. The van der Waals surface area contributed by atoms with Gasteiger partial charge in [0.15, 0.2) is 6.29 Å². The molecule has 0 aliphatic heterocycles. The lowest BCUT2D eigenvalue weighted by Crippen LogP contribution is -2.19. The summed E-state index contributed by atoms with van der Waals surface area (Å²) in [5, 5.41) is 15.7. The molecule has 2 N–H and O–H groups in total. The van der Waals surface area contributed by atoms with E-state index in [9.17, 15) is 10.1 Å². The number of rotatable bonds is 7. The molecule has 1 atom stereocenters. The molecule has 0 saturated heterocycles. The van der Waals surface area contributed by atoms with Crippen LogP contribution in [0.4, 0.5) is 16.2 Å². The first-order chi connectivity index (χ1) is 16.6. The fourth-order valence-electron chi connectivity index (χ4n) is 3.11. The van der Waals surface area contributed by atoms with E-state index in [1.165, 1.54) is 7.11 Å². The fourth-order valence-corrected chi connectivity index (χ4v) is 3.11. The van der Waals surface area contributed by atoms with Crippen LogP contribution in [0.3, 0.4) is 0 Å². The molecule has 2 aromatic carbocycles. The van der Waals surface area contributed by atoms with Crippen molar-refractivity contribution in [2.24, 2.45) is 0 Å². The third kappa shape index (κ3) is 5.38. The summed E-state index contributed by atoms with van der Waals surface area (Å²) in [5.41, 5.74) is 2.19. The second-order valence-electron chi connectivity index (χ2n) is 7.15. The van der Waals surface area contributed by atoms with Gasteiger partial charge in [-0.15, -0.1) is 0 Å². The van der Waals surface area contributed by atoms with Crippen molar-refractivity contribution in [1.29, 1.82) is 5.26 Å². The molecule has 1 unspecified atom stereocenters. The molecule has 0 bridgehead atoms. The maximum Gasteiger partial charge on any atom is 0.323 e. The first-order valence-electron chi connectivity index (χ1n) is 10.3. The number of hydrogen-bond donors (Lipinski definition) is 2. The monoisotopic (exact) mass is 455 g/mol. The van der Waals surface area contributed by atoms with Gasteiger partial charge in [-0.25, -0.2) is 4.79 Å². The normalized spacial score (nSPS) is 11.3. The van der Waals surface area contributed by atoms with Gasteiger partial charge in [0, 0.05) is 48.5 Å². The van der Waals surface area contributed by atoms with E-state index in [4.69, 9.17) is 14.2 Å². The number of ether oxygens (including phenoxy) is 3. The smallest absolute Gasteiger partial charge is 0.323 e. The van der Waals surface area contributed by atoms with E-state index in [-0.39, 0.29) is 6.03 Å². The Labute approximate surface area is 195 Å². The minimum atomic E-state index is -0.511. The number of nitrogens with one attached hydrogen (secondary N) is 2. The summed E-state index contributed by atoms with van der Waals surface area (Å²) in [6.07, 6.45) is 4.30. The first-order valence-corrected chi connectivity index (χ1v) is 10.3. The molecule has 0 fully saturated rings. The van der Waals surface area contributed by atoms with Crippen LogP contribution in [0.15, 0.2) is 73.2 Å². The van der Waals surface area contributed by atoms with Crippen LogP contribution in [-0.4, -0.2) is 29.4 Å². The highest BCUT2D eigenvalue weighted by Crippen LogP contribution is 2.33. The number of amides is 2. The standard InChI is InChI=1S/C25H21N5O4/c1-16(32-2)33-24-14-22-21(13-17(24)15-26)23(9-12-28-22)34-20-5-3-18(4-6-20)29-25(31)30-19-7-10-27-11-8-19/h3-14,16H,1-2H3,(H2,27,29,30,31).